The first-order valence-corrected chi connectivity index (χ1v) is 9.12. The van der Waals surface area contributed by atoms with E-state index < -0.39 is 4.92 Å². The number of carbonyl (C=O) groups excluding carboxylic acids is 1. The van der Waals surface area contributed by atoms with Crippen LogP contribution >= 0.6 is 0 Å². The van der Waals surface area contributed by atoms with Crippen LogP contribution < -0.4 is 5.32 Å². The van der Waals surface area contributed by atoms with Crippen LogP contribution in [-0.4, -0.2) is 41.9 Å². The third-order valence-corrected chi connectivity index (χ3v) is 4.50. The Kier molecular flexibility index (Phi) is 5.29. The largest absolute Gasteiger partial charge is 0.352 e. The van der Waals surface area contributed by atoms with Crippen molar-refractivity contribution in [3.8, 4) is 11.4 Å². The number of nitrogens with one attached hydrogen (secondary N) is 1. The van der Waals surface area contributed by atoms with Gasteiger partial charge in [0.2, 0.25) is 0 Å². The van der Waals surface area contributed by atoms with E-state index in [4.69, 9.17) is 0 Å². The van der Waals surface area contributed by atoms with Gasteiger partial charge in [-0.05, 0) is 42.3 Å². The zero-order valence-electron chi connectivity index (χ0n) is 15.8. The number of hydrogen-bond donors (Lipinski definition) is 1. The molecule has 4 aromatic rings. The first-order chi connectivity index (χ1) is 14.6. The number of benzene rings is 2. The summed E-state index contributed by atoms with van der Waals surface area (Å²) >= 11 is 0. The Morgan fingerprint density at radius 2 is 1.93 bits per heavy atom. The van der Waals surface area contributed by atoms with Crippen molar-refractivity contribution >= 4 is 11.6 Å². The number of amides is 1. The standard InChI is InChI=1S/C20H17N7O3/c28-20(16-4-7-18(19(12-16)27(29)30)26-14-21-13-24-26)22-10-8-15-2-5-17(6-3-15)25-11-1-9-23-25/h1-7,9,11-14H,8,10H2,(H,22,28). The van der Waals surface area contributed by atoms with E-state index in [0.29, 0.717) is 13.0 Å². The highest BCUT2D eigenvalue weighted by atomic mass is 16.6. The fraction of sp³-hybridized carbons (Fsp3) is 0.100. The number of carbonyl (C=O) groups is 1. The molecule has 0 saturated carbocycles. The Morgan fingerprint density at radius 1 is 1.10 bits per heavy atom. The van der Waals surface area contributed by atoms with Gasteiger partial charge in [-0.3, -0.25) is 14.9 Å². The van der Waals surface area contributed by atoms with E-state index in [1.165, 1.54) is 35.5 Å². The third kappa shape index (κ3) is 4.07. The average Bonchev–Trinajstić information content (AvgIpc) is 3.48. The van der Waals surface area contributed by atoms with Crippen molar-refractivity contribution in [1.82, 2.24) is 29.9 Å². The SMILES string of the molecule is O=C(NCCc1ccc(-n2cccn2)cc1)c1ccc(-n2cncn2)c([N+](=O)[O-])c1. The van der Waals surface area contributed by atoms with Crippen LogP contribution in [0.15, 0.2) is 73.6 Å². The summed E-state index contributed by atoms with van der Waals surface area (Å²) in [5.41, 5.74) is 2.24. The number of hydrogen-bond acceptors (Lipinski definition) is 6. The maximum Gasteiger partial charge on any atom is 0.295 e. The van der Waals surface area contributed by atoms with Gasteiger partial charge in [0, 0.05) is 30.6 Å². The topological polar surface area (TPSA) is 121 Å². The molecule has 0 atom stereocenters. The molecule has 2 heterocycles. The maximum absolute atomic E-state index is 12.4. The lowest BCUT2D eigenvalue weighted by Gasteiger charge is -2.08. The monoisotopic (exact) mass is 403 g/mol. The molecule has 0 spiro atoms. The summed E-state index contributed by atoms with van der Waals surface area (Å²) in [5, 5.41) is 22.3. The molecule has 1 N–H and O–H groups in total. The van der Waals surface area contributed by atoms with E-state index >= 15 is 0 Å². The van der Waals surface area contributed by atoms with Crippen LogP contribution in [0.4, 0.5) is 5.69 Å². The average molecular weight is 403 g/mol. The molecule has 0 aliphatic carbocycles. The second kappa shape index (κ2) is 8.35. The molecule has 0 bridgehead atoms. The molecule has 0 saturated heterocycles. The summed E-state index contributed by atoms with van der Waals surface area (Å²) in [4.78, 5) is 27.1. The lowest BCUT2D eigenvalue weighted by Crippen LogP contribution is -2.25. The van der Waals surface area contributed by atoms with Crippen LogP contribution in [-0.2, 0) is 6.42 Å². The van der Waals surface area contributed by atoms with Crippen molar-refractivity contribution in [3.63, 3.8) is 0 Å². The molecule has 2 aromatic carbocycles. The number of nitrogens with zero attached hydrogens (tertiary/aromatic N) is 6. The van der Waals surface area contributed by atoms with Crippen molar-refractivity contribution in [2.75, 3.05) is 6.54 Å². The van der Waals surface area contributed by atoms with Gasteiger partial charge in [0.1, 0.15) is 18.3 Å². The molecular formula is C20H17N7O3. The predicted octanol–water partition coefficient (Wildman–Crippen LogP) is 2.33. The molecule has 30 heavy (non-hydrogen) atoms. The molecule has 0 aliphatic rings. The number of nitro groups is 1. The van der Waals surface area contributed by atoms with Crippen molar-refractivity contribution in [3.05, 3.63) is 94.8 Å². The van der Waals surface area contributed by atoms with Gasteiger partial charge >= 0.3 is 0 Å². The Labute approximate surface area is 170 Å². The Balaban J connectivity index is 1.39. The molecular weight excluding hydrogens is 386 g/mol. The van der Waals surface area contributed by atoms with Crippen LogP contribution in [0.3, 0.4) is 0 Å². The molecule has 4 rings (SSSR count). The van der Waals surface area contributed by atoms with Gasteiger partial charge in [0.15, 0.2) is 0 Å². The fourth-order valence-corrected chi connectivity index (χ4v) is 3.00. The first kappa shape index (κ1) is 19.0. The molecule has 0 aliphatic heterocycles. The van der Waals surface area contributed by atoms with Crippen LogP contribution in [0.2, 0.25) is 0 Å². The summed E-state index contributed by atoms with van der Waals surface area (Å²) in [5.74, 6) is -0.378. The minimum atomic E-state index is -0.547. The highest BCUT2D eigenvalue weighted by Crippen LogP contribution is 2.23. The highest BCUT2D eigenvalue weighted by Gasteiger charge is 2.19. The van der Waals surface area contributed by atoms with Gasteiger partial charge in [0.25, 0.3) is 11.6 Å². The molecule has 1 amide bonds. The molecule has 2 aromatic heterocycles. The van der Waals surface area contributed by atoms with E-state index in [0.717, 1.165) is 11.3 Å². The molecule has 150 valence electrons. The second-order valence-electron chi connectivity index (χ2n) is 6.42. The van der Waals surface area contributed by atoms with Crippen molar-refractivity contribution in [2.24, 2.45) is 0 Å². The van der Waals surface area contributed by atoms with Crippen molar-refractivity contribution in [2.45, 2.75) is 6.42 Å². The van der Waals surface area contributed by atoms with Crippen LogP contribution in [0.1, 0.15) is 15.9 Å². The van der Waals surface area contributed by atoms with E-state index in [9.17, 15) is 14.9 Å². The molecule has 10 nitrogen and oxygen atoms in total. The maximum atomic E-state index is 12.4. The van der Waals surface area contributed by atoms with Gasteiger partial charge in [-0.2, -0.15) is 10.2 Å². The number of aromatic nitrogens is 5. The quantitative estimate of drug-likeness (QED) is 0.373. The van der Waals surface area contributed by atoms with Crippen LogP contribution in [0.5, 0.6) is 0 Å². The van der Waals surface area contributed by atoms with Gasteiger partial charge < -0.3 is 5.32 Å². The number of rotatable bonds is 7. The summed E-state index contributed by atoms with van der Waals surface area (Å²) in [7, 11) is 0. The molecule has 0 unspecified atom stereocenters. The van der Waals surface area contributed by atoms with Gasteiger partial charge in [-0.1, -0.05) is 12.1 Å². The van der Waals surface area contributed by atoms with Crippen LogP contribution in [0, 0.1) is 10.1 Å². The normalized spacial score (nSPS) is 10.7. The summed E-state index contributed by atoms with van der Waals surface area (Å²) in [6.07, 6.45) is 6.85. The summed E-state index contributed by atoms with van der Waals surface area (Å²) in [6, 6.07) is 14.0. The van der Waals surface area contributed by atoms with Crippen LogP contribution in [0.25, 0.3) is 11.4 Å². The first-order valence-electron chi connectivity index (χ1n) is 9.12. The molecule has 10 heteroatoms. The van der Waals surface area contributed by atoms with E-state index in [1.807, 2.05) is 36.5 Å². The fourth-order valence-electron chi connectivity index (χ4n) is 3.00. The zero-order valence-corrected chi connectivity index (χ0v) is 15.8. The highest BCUT2D eigenvalue weighted by molar-refractivity contribution is 5.95. The predicted molar refractivity (Wildman–Crippen MR) is 108 cm³/mol. The van der Waals surface area contributed by atoms with Gasteiger partial charge in [-0.25, -0.2) is 14.3 Å². The summed E-state index contributed by atoms with van der Waals surface area (Å²) in [6.45, 7) is 0.401. The summed E-state index contributed by atoms with van der Waals surface area (Å²) < 4.78 is 3.05. The van der Waals surface area contributed by atoms with E-state index in [-0.39, 0.29) is 22.8 Å². The smallest absolute Gasteiger partial charge is 0.295 e. The molecule has 0 radical (unpaired) electrons. The minimum absolute atomic E-state index is 0.208. The third-order valence-electron chi connectivity index (χ3n) is 4.50. The van der Waals surface area contributed by atoms with Crippen molar-refractivity contribution in [1.29, 1.82) is 0 Å². The van der Waals surface area contributed by atoms with E-state index in [1.54, 1.807) is 10.9 Å². The Bertz CT molecular complexity index is 1150. The zero-order chi connectivity index (χ0) is 20.9. The van der Waals surface area contributed by atoms with E-state index in [2.05, 4.69) is 20.5 Å². The Hall–Kier alpha value is -4.34. The Morgan fingerprint density at radius 3 is 2.60 bits per heavy atom. The second-order valence-corrected chi connectivity index (χ2v) is 6.42. The molecule has 0 fully saturated rings. The lowest BCUT2D eigenvalue weighted by atomic mass is 10.1. The van der Waals surface area contributed by atoms with Gasteiger partial charge in [-0.15, -0.1) is 0 Å². The van der Waals surface area contributed by atoms with Crippen molar-refractivity contribution < 1.29 is 9.72 Å². The number of nitro benzene ring substituents is 1. The van der Waals surface area contributed by atoms with Gasteiger partial charge in [0.05, 0.1) is 10.6 Å². The lowest BCUT2D eigenvalue weighted by molar-refractivity contribution is -0.384. The minimum Gasteiger partial charge on any atom is -0.352 e.